The molecule has 0 amide bonds. The van der Waals surface area contributed by atoms with E-state index in [0.29, 0.717) is 6.61 Å². The Kier molecular flexibility index (Phi) is 4.57. The first-order valence-electron chi connectivity index (χ1n) is 3.98. The van der Waals surface area contributed by atoms with Crippen LogP contribution in [0.5, 0.6) is 0 Å². The van der Waals surface area contributed by atoms with Gasteiger partial charge in [-0.25, -0.2) is 8.78 Å². The highest BCUT2D eigenvalue weighted by atomic mass is 19.3. The summed E-state index contributed by atoms with van der Waals surface area (Å²) in [6.45, 7) is 4.71. The highest BCUT2D eigenvalue weighted by Crippen LogP contribution is 2.19. The first-order valence-corrected chi connectivity index (χ1v) is 3.98. The SMILES string of the molecule is CCCCOC(C)C(C)(F)F. The standard InChI is InChI=1S/C8H16F2O/c1-4-5-6-11-7(2)8(3,9)10/h7H,4-6H2,1-3H3. The van der Waals surface area contributed by atoms with Crippen molar-refractivity contribution in [3.05, 3.63) is 0 Å². The minimum absolute atomic E-state index is 0.432. The topological polar surface area (TPSA) is 9.23 Å². The van der Waals surface area contributed by atoms with E-state index >= 15 is 0 Å². The lowest BCUT2D eigenvalue weighted by Gasteiger charge is -2.19. The maximum absolute atomic E-state index is 12.4. The summed E-state index contributed by atoms with van der Waals surface area (Å²) in [6.07, 6.45) is 0.858. The summed E-state index contributed by atoms with van der Waals surface area (Å²) in [5, 5.41) is 0. The van der Waals surface area contributed by atoms with Crippen molar-refractivity contribution in [1.29, 1.82) is 0 Å². The van der Waals surface area contributed by atoms with Crippen LogP contribution in [0.2, 0.25) is 0 Å². The molecule has 0 aromatic heterocycles. The van der Waals surface area contributed by atoms with E-state index in [0.717, 1.165) is 19.8 Å². The molecule has 68 valence electrons. The third-order valence-electron chi connectivity index (χ3n) is 1.58. The Morgan fingerprint density at radius 3 is 2.36 bits per heavy atom. The number of halogens is 2. The summed E-state index contributed by atoms with van der Waals surface area (Å²) in [5.74, 6) is -2.71. The quantitative estimate of drug-likeness (QED) is 0.570. The summed E-state index contributed by atoms with van der Waals surface area (Å²) >= 11 is 0. The van der Waals surface area contributed by atoms with Crippen LogP contribution in [0.4, 0.5) is 8.78 Å². The first-order chi connectivity index (χ1) is 4.98. The van der Waals surface area contributed by atoms with Crippen LogP contribution >= 0.6 is 0 Å². The van der Waals surface area contributed by atoms with Gasteiger partial charge in [-0.1, -0.05) is 13.3 Å². The molecule has 11 heavy (non-hydrogen) atoms. The first kappa shape index (κ1) is 10.8. The average molecular weight is 166 g/mol. The van der Waals surface area contributed by atoms with Crippen LogP contribution in [0.25, 0.3) is 0 Å². The molecule has 0 heterocycles. The Morgan fingerprint density at radius 1 is 1.45 bits per heavy atom. The second-order valence-corrected chi connectivity index (χ2v) is 2.82. The average Bonchev–Trinajstić information content (AvgIpc) is 1.86. The Labute approximate surface area is 66.7 Å². The molecule has 0 saturated heterocycles. The van der Waals surface area contributed by atoms with Gasteiger partial charge in [-0.3, -0.25) is 0 Å². The van der Waals surface area contributed by atoms with Crippen molar-refractivity contribution in [3.63, 3.8) is 0 Å². The van der Waals surface area contributed by atoms with Crippen LogP contribution in [0, 0.1) is 0 Å². The van der Waals surface area contributed by atoms with Gasteiger partial charge in [0.05, 0.1) is 0 Å². The zero-order valence-corrected chi connectivity index (χ0v) is 7.36. The van der Waals surface area contributed by atoms with Gasteiger partial charge in [-0.2, -0.15) is 0 Å². The van der Waals surface area contributed by atoms with Crippen molar-refractivity contribution < 1.29 is 13.5 Å². The Bertz CT molecular complexity index is 98.8. The summed E-state index contributed by atoms with van der Waals surface area (Å²) in [4.78, 5) is 0. The summed E-state index contributed by atoms with van der Waals surface area (Å²) in [7, 11) is 0. The molecule has 3 heteroatoms. The zero-order chi connectivity index (χ0) is 8.91. The van der Waals surface area contributed by atoms with Crippen molar-refractivity contribution >= 4 is 0 Å². The minimum atomic E-state index is -2.71. The van der Waals surface area contributed by atoms with Crippen LogP contribution in [0.3, 0.4) is 0 Å². The van der Waals surface area contributed by atoms with Crippen molar-refractivity contribution in [2.24, 2.45) is 0 Å². The maximum Gasteiger partial charge on any atom is 0.270 e. The van der Waals surface area contributed by atoms with Crippen LogP contribution in [-0.2, 0) is 4.74 Å². The van der Waals surface area contributed by atoms with Gasteiger partial charge in [0.1, 0.15) is 6.10 Å². The van der Waals surface area contributed by atoms with Crippen molar-refractivity contribution in [3.8, 4) is 0 Å². The van der Waals surface area contributed by atoms with Gasteiger partial charge in [0.2, 0.25) is 0 Å². The van der Waals surface area contributed by atoms with Crippen molar-refractivity contribution in [2.75, 3.05) is 6.61 Å². The molecular formula is C8H16F2O. The van der Waals surface area contributed by atoms with E-state index in [-0.39, 0.29) is 0 Å². The predicted molar refractivity (Wildman–Crippen MR) is 40.9 cm³/mol. The zero-order valence-electron chi connectivity index (χ0n) is 7.36. The molecule has 0 aliphatic rings. The second kappa shape index (κ2) is 4.65. The van der Waals surface area contributed by atoms with Crippen LogP contribution in [-0.4, -0.2) is 18.6 Å². The lowest BCUT2D eigenvalue weighted by molar-refractivity contribution is -0.116. The van der Waals surface area contributed by atoms with Gasteiger partial charge in [0.25, 0.3) is 5.92 Å². The van der Waals surface area contributed by atoms with E-state index in [4.69, 9.17) is 4.74 Å². The van der Waals surface area contributed by atoms with Crippen molar-refractivity contribution in [1.82, 2.24) is 0 Å². The van der Waals surface area contributed by atoms with Crippen LogP contribution in [0.1, 0.15) is 33.6 Å². The fourth-order valence-corrected chi connectivity index (χ4v) is 0.551. The van der Waals surface area contributed by atoms with E-state index in [9.17, 15) is 8.78 Å². The fraction of sp³-hybridized carbons (Fsp3) is 1.00. The molecule has 0 aromatic rings. The third-order valence-corrected chi connectivity index (χ3v) is 1.58. The molecule has 0 spiro atoms. The lowest BCUT2D eigenvalue weighted by atomic mass is 10.2. The lowest BCUT2D eigenvalue weighted by Crippen LogP contribution is -2.30. The van der Waals surface area contributed by atoms with E-state index in [1.165, 1.54) is 6.92 Å². The molecule has 0 N–H and O–H groups in total. The minimum Gasteiger partial charge on any atom is -0.372 e. The Balaban J connectivity index is 3.44. The largest absolute Gasteiger partial charge is 0.372 e. The number of hydrogen-bond donors (Lipinski definition) is 0. The molecule has 0 fully saturated rings. The second-order valence-electron chi connectivity index (χ2n) is 2.82. The van der Waals surface area contributed by atoms with Gasteiger partial charge < -0.3 is 4.74 Å². The van der Waals surface area contributed by atoms with Gasteiger partial charge in [0, 0.05) is 13.5 Å². The Hall–Kier alpha value is -0.180. The van der Waals surface area contributed by atoms with E-state index in [1.54, 1.807) is 0 Å². The number of rotatable bonds is 5. The molecule has 0 radical (unpaired) electrons. The number of hydrogen-bond acceptors (Lipinski definition) is 1. The summed E-state index contributed by atoms with van der Waals surface area (Å²) < 4.78 is 29.7. The van der Waals surface area contributed by atoms with Crippen LogP contribution in [0.15, 0.2) is 0 Å². The molecule has 0 saturated carbocycles. The van der Waals surface area contributed by atoms with E-state index in [1.807, 2.05) is 6.92 Å². The van der Waals surface area contributed by atoms with Gasteiger partial charge in [-0.05, 0) is 13.3 Å². The van der Waals surface area contributed by atoms with E-state index < -0.39 is 12.0 Å². The molecule has 1 unspecified atom stereocenters. The van der Waals surface area contributed by atoms with Gasteiger partial charge in [-0.15, -0.1) is 0 Å². The highest BCUT2D eigenvalue weighted by Gasteiger charge is 2.30. The monoisotopic (exact) mass is 166 g/mol. The van der Waals surface area contributed by atoms with Crippen molar-refractivity contribution in [2.45, 2.75) is 45.6 Å². The number of alkyl halides is 2. The maximum atomic E-state index is 12.4. The molecule has 1 atom stereocenters. The van der Waals surface area contributed by atoms with E-state index in [2.05, 4.69) is 0 Å². The van der Waals surface area contributed by atoms with Crippen LogP contribution < -0.4 is 0 Å². The Morgan fingerprint density at radius 2 is 2.00 bits per heavy atom. The molecule has 0 aliphatic heterocycles. The normalized spacial score (nSPS) is 15.0. The predicted octanol–water partition coefficient (Wildman–Crippen LogP) is 2.85. The molecule has 1 nitrogen and oxygen atoms in total. The molecule has 0 aliphatic carbocycles. The number of unbranched alkanes of at least 4 members (excludes halogenated alkanes) is 1. The summed E-state index contributed by atoms with van der Waals surface area (Å²) in [6, 6.07) is 0. The smallest absolute Gasteiger partial charge is 0.270 e. The molecule has 0 rings (SSSR count). The molecule has 0 bridgehead atoms. The number of ether oxygens (including phenoxy) is 1. The fourth-order valence-electron chi connectivity index (χ4n) is 0.551. The molecular weight excluding hydrogens is 150 g/mol. The van der Waals surface area contributed by atoms with Gasteiger partial charge >= 0.3 is 0 Å². The third kappa shape index (κ3) is 5.13. The molecule has 0 aromatic carbocycles. The van der Waals surface area contributed by atoms with Gasteiger partial charge in [0.15, 0.2) is 0 Å². The highest BCUT2D eigenvalue weighted by molar-refractivity contribution is 4.66. The summed E-state index contributed by atoms with van der Waals surface area (Å²) in [5.41, 5.74) is 0.